The summed E-state index contributed by atoms with van der Waals surface area (Å²) >= 11 is 7.93. The maximum Gasteiger partial charge on any atom is 0.277 e. The molecule has 0 bridgehead atoms. The lowest BCUT2D eigenvalue weighted by Gasteiger charge is -2.13. The van der Waals surface area contributed by atoms with E-state index in [0.717, 1.165) is 8.63 Å². The van der Waals surface area contributed by atoms with E-state index < -0.39 is 0 Å². The van der Waals surface area contributed by atoms with Crippen LogP contribution in [0.4, 0.5) is 0 Å². The van der Waals surface area contributed by atoms with Gasteiger partial charge in [-0.1, -0.05) is 11.6 Å². The Bertz CT molecular complexity index is 336. The highest BCUT2D eigenvalue weighted by molar-refractivity contribution is 14.1. The molecule has 0 spiro atoms. The van der Waals surface area contributed by atoms with E-state index in [4.69, 9.17) is 16.4 Å². The van der Waals surface area contributed by atoms with Gasteiger partial charge in [0.1, 0.15) is 0 Å². The number of hydrogen-bond acceptors (Lipinski definition) is 2. The minimum absolute atomic E-state index is 0.215. The monoisotopic (exact) mass is 325 g/mol. The van der Waals surface area contributed by atoms with E-state index >= 15 is 0 Å². The Kier molecular flexibility index (Phi) is 4.15. The fourth-order valence-corrected chi connectivity index (χ4v) is 2.03. The van der Waals surface area contributed by atoms with Gasteiger partial charge in [0, 0.05) is 21.2 Å². The van der Waals surface area contributed by atoms with Crippen molar-refractivity contribution in [1.29, 1.82) is 0 Å². The molecule has 0 saturated heterocycles. The molecule has 3 nitrogen and oxygen atoms in total. The van der Waals surface area contributed by atoms with Crippen LogP contribution in [0.1, 0.15) is 10.4 Å². The van der Waals surface area contributed by atoms with E-state index in [0.29, 0.717) is 10.6 Å². The molecule has 1 rings (SSSR count). The second kappa shape index (κ2) is 4.95. The number of halogens is 2. The fourth-order valence-electron chi connectivity index (χ4n) is 0.942. The lowest BCUT2D eigenvalue weighted by molar-refractivity contribution is -0.0757. The summed E-state index contributed by atoms with van der Waals surface area (Å²) in [6.07, 6.45) is 0. The molecule has 0 atom stereocenters. The third-order valence-corrected chi connectivity index (χ3v) is 2.51. The third kappa shape index (κ3) is 2.83. The summed E-state index contributed by atoms with van der Waals surface area (Å²) in [5.41, 5.74) is 0.520. The Morgan fingerprint density at radius 2 is 2.14 bits per heavy atom. The maximum atomic E-state index is 11.6. The molecule has 5 heteroatoms. The van der Waals surface area contributed by atoms with Crippen molar-refractivity contribution in [3.8, 4) is 0 Å². The van der Waals surface area contributed by atoms with Gasteiger partial charge in [-0.2, -0.15) is 0 Å². The van der Waals surface area contributed by atoms with Crippen LogP contribution in [0.3, 0.4) is 0 Å². The number of benzene rings is 1. The summed E-state index contributed by atoms with van der Waals surface area (Å²) in [6, 6.07) is 5.15. The average Bonchev–Trinajstić information content (AvgIpc) is 2.14. The van der Waals surface area contributed by atoms with Crippen molar-refractivity contribution in [3.05, 3.63) is 32.4 Å². The van der Waals surface area contributed by atoms with Gasteiger partial charge in [-0.05, 0) is 40.8 Å². The van der Waals surface area contributed by atoms with Crippen molar-refractivity contribution in [2.45, 2.75) is 0 Å². The van der Waals surface area contributed by atoms with Gasteiger partial charge in [-0.25, -0.2) is 5.06 Å². The first-order chi connectivity index (χ1) is 6.54. The number of amides is 1. The molecular formula is C9H9ClINO2. The molecule has 14 heavy (non-hydrogen) atoms. The lowest BCUT2D eigenvalue weighted by Crippen LogP contribution is -2.25. The van der Waals surface area contributed by atoms with Gasteiger partial charge in [-0.3, -0.25) is 9.63 Å². The first-order valence-electron chi connectivity index (χ1n) is 3.83. The molecule has 76 valence electrons. The Hall–Kier alpha value is -0.330. The van der Waals surface area contributed by atoms with Crippen LogP contribution in [0.2, 0.25) is 5.02 Å². The molecular weight excluding hydrogens is 316 g/mol. The van der Waals surface area contributed by atoms with Crippen molar-refractivity contribution in [2.24, 2.45) is 0 Å². The highest BCUT2D eigenvalue weighted by Gasteiger charge is 2.12. The summed E-state index contributed by atoms with van der Waals surface area (Å²) in [5, 5.41) is 1.70. The van der Waals surface area contributed by atoms with Crippen LogP contribution in [-0.2, 0) is 4.84 Å². The molecule has 1 aromatic rings. The highest BCUT2D eigenvalue weighted by Crippen LogP contribution is 2.17. The normalized spacial score (nSPS) is 10.0. The molecule has 0 N–H and O–H groups in total. The molecule has 1 amide bonds. The van der Waals surface area contributed by atoms with Gasteiger partial charge in [0.25, 0.3) is 5.91 Å². The number of hydroxylamine groups is 2. The third-order valence-electron chi connectivity index (χ3n) is 1.67. The number of hydrogen-bond donors (Lipinski definition) is 0. The second-order valence-electron chi connectivity index (χ2n) is 2.64. The van der Waals surface area contributed by atoms with Crippen molar-refractivity contribution >= 4 is 40.1 Å². The van der Waals surface area contributed by atoms with Gasteiger partial charge in [0.05, 0.1) is 7.11 Å². The maximum absolute atomic E-state index is 11.6. The minimum atomic E-state index is -0.215. The largest absolute Gasteiger partial charge is 0.277 e. The molecule has 0 heterocycles. The van der Waals surface area contributed by atoms with E-state index in [9.17, 15) is 4.79 Å². The van der Waals surface area contributed by atoms with Gasteiger partial charge in [0.2, 0.25) is 0 Å². The fraction of sp³-hybridized carbons (Fsp3) is 0.222. The van der Waals surface area contributed by atoms with E-state index in [2.05, 4.69) is 22.6 Å². The summed E-state index contributed by atoms with van der Waals surface area (Å²) in [6.45, 7) is 0. The first-order valence-corrected chi connectivity index (χ1v) is 5.28. The molecule has 0 aliphatic heterocycles. The van der Waals surface area contributed by atoms with Crippen LogP contribution in [-0.4, -0.2) is 25.1 Å². The molecule has 0 aromatic heterocycles. The summed E-state index contributed by atoms with van der Waals surface area (Å²) < 4.78 is 0.919. The van der Waals surface area contributed by atoms with Crippen molar-refractivity contribution in [3.63, 3.8) is 0 Å². The Morgan fingerprint density at radius 1 is 1.50 bits per heavy atom. The minimum Gasteiger partial charge on any atom is -0.274 e. The highest BCUT2D eigenvalue weighted by atomic mass is 127. The first kappa shape index (κ1) is 11.7. The second-order valence-corrected chi connectivity index (χ2v) is 4.33. The molecule has 0 unspecified atom stereocenters. The zero-order valence-electron chi connectivity index (χ0n) is 7.75. The summed E-state index contributed by atoms with van der Waals surface area (Å²) in [7, 11) is 2.99. The van der Waals surface area contributed by atoms with Crippen molar-refractivity contribution in [1.82, 2.24) is 5.06 Å². The number of carbonyl (C=O) groups is 1. The SMILES string of the molecule is CON(C)C(=O)c1cc(Cl)cc(I)c1. The van der Waals surface area contributed by atoms with Crippen LogP contribution in [0, 0.1) is 3.57 Å². The topological polar surface area (TPSA) is 29.5 Å². The van der Waals surface area contributed by atoms with Gasteiger partial charge in [0.15, 0.2) is 0 Å². The van der Waals surface area contributed by atoms with Gasteiger partial charge < -0.3 is 0 Å². The van der Waals surface area contributed by atoms with Crippen molar-refractivity contribution < 1.29 is 9.63 Å². The predicted octanol–water partition coefficient (Wildman–Crippen LogP) is 2.58. The van der Waals surface area contributed by atoms with Crippen LogP contribution < -0.4 is 0 Å². The predicted molar refractivity (Wildman–Crippen MR) is 63.3 cm³/mol. The molecule has 1 aromatic carbocycles. The van der Waals surface area contributed by atoms with Gasteiger partial charge in [-0.15, -0.1) is 0 Å². The molecule has 0 saturated carbocycles. The van der Waals surface area contributed by atoms with Gasteiger partial charge >= 0.3 is 0 Å². The smallest absolute Gasteiger partial charge is 0.274 e. The Morgan fingerprint density at radius 3 is 2.64 bits per heavy atom. The molecule has 0 aliphatic carbocycles. The zero-order chi connectivity index (χ0) is 10.7. The van der Waals surface area contributed by atoms with Crippen LogP contribution in [0.5, 0.6) is 0 Å². The molecule has 0 aliphatic rings. The zero-order valence-corrected chi connectivity index (χ0v) is 10.7. The van der Waals surface area contributed by atoms with Crippen molar-refractivity contribution in [2.75, 3.05) is 14.2 Å². The van der Waals surface area contributed by atoms with Crippen LogP contribution in [0.15, 0.2) is 18.2 Å². The number of rotatable bonds is 2. The van der Waals surface area contributed by atoms with E-state index in [-0.39, 0.29) is 5.91 Å². The quantitative estimate of drug-likeness (QED) is 0.618. The molecule has 0 radical (unpaired) electrons. The van der Waals surface area contributed by atoms with Crippen LogP contribution >= 0.6 is 34.2 Å². The Balaban J connectivity index is 3.01. The number of nitrogens with zero attached hydrogens (tertiary/aromatic N) is 1. The lowest BCUT2D eigenvalue weighted by atomic mass is 10.2. The average molecular weight is 326 g/mol. The summed E-state index contributed by atoms with van der Waals surface area (Å²) in [4.78, 5) is 16.4. The molecule has 0 fully saturated rings. The van der Waals surface area contributed by atoms with Crippen LogP contribution in [0.25, 0.3) is 0 Å². The summed E-state index contributed by atoms with van der Waals surface area (Å²) in [5.74, 6) is -0.215. The van der Waals surface area contributed by atoms with E-state index in [1.54, 1.807) is 25.2 Å². The van der Waals surface area contributed by atoms with E-state index in [1.165, 1.54) is 7.11 Å². The standard InChI is InChI=1S/C9H9ClINO2/c1-12(14-2)9(13)6-3-7(10)5-8(11)4-6/h3-5H,1-2H3. The van der Waals surface area contributed by atoms with E-state index in [1.807, 2.05) is 0 Å². The number of carbonyl (C=O) groups excluding carboxylic acids is 1. The Labute approximate surface area is 101 Å².